The van der Waals surface area contributed by atoms with Crippen LogP contribution in [0.4, 0.5) is 0 Å². The van der Waals surface area contributed by atoms with Gasteiger partial charge >= 0.3 is 0 Å². The van der Waals surface area contributed by atoms with Crippen molar-refractivity contribution < 1.29 is 0 Å². The Morgan fingerprint density at radius 2 is 2.10 bits per heavy atom. The molecule has 0 bridgehead atoms. The summed E-state index contributed by atoms with van der Waals surface area (Å²) in [5, 5.41) is 12.3. The molecule has 3 N–H and O–H groups in total. The van der Waals surface area contributed by atoms with Crippen LogP contribution in [0.5, 0.6) is 0 Å². The largest absolute Gasteiger partial charge is 0.357 e. The standard InChI is InChI=1S/C15H28N4S.HI/c1-6-16-14(17-9-10-18-15(3,4)5)19-12(2)13-8-7-11-20-13;/h7-8,11-12,18H,6,9-10H2,1-5H3,(H2,16,17,19);1H. The van der Waals surface area contributed by atoms with Crippen molar-refractivity contribution in [3.8, 4) is 0 Å². The van der Waals surface area contributed by atoms with Crippen molar-refractivity contribution in [2.24, 2.45) is 4.99 Å². The highest BCUT2D eigenvalue weighted by Gasteiger charge is 2.09. The van der Waals surface area contributed by atoms with Crippen molar-refractivity contribution in [1.82, 2.24) is 16.0 Å². The molecule has 0 aromatic carbocycles. The molecule has 1 aromatic rings. The molecule has 0 aliphatic carbocycles. The Morgan fingerprint density at radius 1 is 1.38 bits per heavy atom. The van der Waals surface area contributed by atoms with Gasteiger partial charge in [0.15, 0.2) is 5.96 Å². The highest BCUT2D eigenvalue weighted by Crippen LogP contribution is 2.17. The number of hydrogen-bond acceptors (Lipinski definition) is 3. The summed E-state index contributed by atoms with van der Waals surface area (Å²) in [5.41, 5.74) is 0.144. The Kier molecular flexibility index (Phi) is 10.2. The van der Waals surface area contributed by atoms with Crippen molar-refractivity contribution in [1.29, 1.82) is 0 Å². The summed E-state index contributed by atoms with van der Waals surface area (Å²) < 4.78 is 0. The average Bonchev–Trinajstić information content (AvgIpc) is 2.87. The average molecular weight is 424 g/mol. The lowest BCUT2D eigenvalue weighted by Gasteiger charge is -2.20. The molecule has 1 unspecified atom stereocenters. The van der Waals surface area contributed by atoms with E-state index in [4.69, 9.17) is 0 Å². The third-order valence-electron chi connectivity index (χ3n) is 2.70. The number of rotatable bonds is 6. The van der Waals surface area contributed by atoms with Crippen LogP contribution in [-0.4, -0.2) is 31.1 Å². The summed E-state index contributed by atoms with van der Waals surface area (Å²) in [6.07, 6.45) is 0. The second-order valence-corrected chi connectivity index (χ2v) is 6.80. The normalized spacial score (nSPS) is 13.5. The quantitative estimate of drug-likeness (QED) is 0.284. The fourth-order valence-corrected chi connectivity index (χ4v) is 2.47. The van der Waals surface area contributed by atoms with Gasteiger partial charge in [-0.1, -0.05) is 6.07 Å². The number of aliphatic imine (C=N–C) groups is 1. The zero-order chi connectivity index (χ0) is 15.0. The molecule has 4 nitrogen and oxygen atoms in total. The molecule has 0 aliphatic rings. The van der Waals surface area contributed by atoms with E-state index >= 15 is 0 Å². The summed E-state index contributed by atoms with van der Waals surface area (Å²) in [4.78, 5) is 5.93. The highest BCUT2D eigenvalue weighted by atomic mass is 127. The molecular formula is C15H29IN4S. The van der Waals surface area contributed by atoms with Gasteiger partial charge in [-0.25, -0.2) is 0 Å². The van der Waals surface area contributed by atoms with E-state index in [1.54, 1.807) is 11.3 Å². The first kappa shape index (κ1) is 20.7. The number of hydrogen-bond donors (Lipinski definition) is 3. The Labute approximate surface area is 150 Å². The second-order valence-electron chi connectivity index (χ2n) is 5.82. The SMILES string of the molecule is CCNC(=NCCNC(C)(C)C)NC(C)c1cccs1.I. The van der Waals surface area contributed by atoms with E-state index in [0.717, 1.165) is 25.6 Å². The van der Waals surface area contributed by atoms with E-state index in [2.05, 4.69) is 73.1 Å². The third-order valence-corrected chi connectivity index (χ3v) is 3.76. The third kappa shape index (κ3) is 9.31. The van der Waals surface area contributed by atoms with E-state index in [9.17, 15) is 0 Å². The van der Waals surface area contributed by atoms with Gasteiger partial charge in [0, 0.05) is 23.5 Å². The number of nitrogens with zero attached hydrogens (tertiary/aromatic N) is 1. The molecule has 0 amide bonds. The molecule has 1 heterocycles. The van der Waals surface area contributed by atoms with E-state index in [0.29, 0.717) is 0 Å². The monoisotopic (exact) mass is 424 g/mol. The van der Waals surface area contributed by atoms with Crippen LogP contribution in [0.15, 0.2) is 22.5 Å². The van der Waals surface area contributed by atoms with Crippen LogP contribution in [-0.2, 0) is 0 Å². The van der Waals surface area contributed by atoms with Crippen LogP contribution in [0.2, 0.25) is 0 Å². The Hall–Kier alpha value is -0.340. The molecule has 21 heavy (non-hydrogen) atoms. The Balaban J connectivity index is 0.00000400. The molecule has 1 atom stereocenters. The van der Waals surface area contributed by atoms with Gasteiger partial charge in [0.1, 0.15) is 0 Å². The van der Waals surface area contributed by atoms with Gasteiger partial charge < -0.3 is 16.0 Å². The Morgan fingerprint density at radius 3 is 2.62 bits per heavy atom. The van der Waals surface area contributed by atoms with Gasteiger partial charge in [-0.3, -0.25) is 4.99 Å². The lowest BCUT2D eigenvalue weighted by atomic mass is 10.1. The van der Waals surface area contributed by atoms with E-state index in [-0.39, 0.29) is 35.6 Å². The van der Waals surface area contributed by atoms with Crippen LogP contribution in [0.1, 0.15) is 45.5 Å². The molecule has 122 valence electrons. The lowest BCUT2D eigenvalue weighted by molar-refractivity contribution is 0.432. The highest BCUT2D eigenvalue weighted by molar-refractivity contribution is 14.0. The summed E-state index contributed by atoms with van der Waals surface area (Å²) >= 11 is 1.77. The minimum Gasteiger partial charge on any atom is -0.357 e. The molecule has 0 aliphatic heterocycles. The zero-order valence-corrected chi connectivity index (χ0v) is 16.8. The van der Waals surface area contributed by atoms with E-state index < -0.39 is 0 Å². The van der Waals surface area contributed by atoms with E-state index in [1.165, 1.54) is 4.88 Å². The van der Waals surface area contributed by atoms with Gasteiger partial charge in [-0.15, -0.1) is 35.3 Å². The number of halogens is 1. The zero-order valence-electron chi connectivity index (χ0n) is 13.7. The molecular weight excluding hydrogens is 395 g/mol. The van der Waals surface area contributed by atoms with Gasteiger partial charge in [0.25, 0.3) is 0 Å². The minimum absolute atomic E-state index is 0. The van der Waals surface area contributed by atoms with Crippen molar-refractivity contribution in [3.63, 3.8) is 0 Å². The fourth-order valence-electron chi connectivity index (χ4n) is 1.73. The second kappa shape index (κ2) is 10.4. The van der Waals surface area contributed by atoms with Crippen molar-refractivity contribution in [3.05, 3.63) is 22.4 Å². The maximum atomic E-state index is 4.60. The topological polar surface area (TPSA) is 48.5 Å². The minimum atomic E-state index is 0. The molecule has 0 spiro atoms. The fraction of sp³-hybridized carbons (Fsp3) is 0.667. The van der Waals surface area contributed by atoms with Crippen molar-refractivity contribution >= 4 is 41.3 Å². The van der Waals surface area contributed by atoms with E-state index in [1.807, 2.05) is 0 Å². The molecule has 0 saturated carbocycles. The summed E-state index contributed by atoms with van der Waals surface area (Å²) in [6, 6.07) is 4.51. The van der Waals surface area contributed by atoms with Crippen LogP contribution < -0.4 is 16.0 Å². The first-order chi connectivity index (χ1) is 9.42. The van der Waals surface area contributed by atoms with Gasteiger partial charge in [0.2, 0.25) is 0 Å². The molecule has 1 rings (SSSR count). The lowest BCUT2D eigenvalue weighted by Crippen LogP contribution is -2.40. The van der Waals surface area contributed by atoms with Crippen LogP contribution in [0.3, 0.4) is 0 Å². The molecule has 0 radical (unpaired) electrons. The first-order valence-electron chi connectivity index (χ1n) is 7.25. The van der Waals surface area contributed by atoms with Crippen LogP contribution in [0.25, 0.3) is 0 Å². The van der Waals surface area contributed by atoms with Crippen LogP contribution in [0, 0.1) is 0 Å². The molecule has 0 saturated heterocycles. The Bertz CT molecular complexity index is 398. The summed E-state index contributed by atoms with van der Waals surface area (Å²) in [5.74, 6) is 0.879. The smallest absolute Gasteiger partial charge is 0.191 e. The van der Waals surface area contributed by atoms with Crippen molar-refractivity contribution in [2.45, 2.75) is 46.2 Å². The first-order valence-corrected chi connectivity index (χ1v) is 8.13. The summed E-state index contributed by atoms with van der Waals surface area (Å²) in [7, 11) is 0. The maximum absolute atomic E-state index is 4.60. The van der Waals surface area contributed by atoms with Gasteiger partial charge in [0.05, 0.1) is 12.6 Å². The molecule has 1 aromatic heterocycles. The predicted octanol–water partition coefficient (Wildman–Crippen LogP) is 3.37. The van der Waals surface area contributed by atoms with Crippen LogP contribution >= 0.6 is 35.3 Å². The maximum Gasteiger partial charge on any atom is 0.191 e. The number of nitrogens with one attached hydrogen (secondary N) is 3. The molecule has 6 heteroatoms. The van der Waals surface area contributed by atoms with Gasteiger partial charge in [-0.2, -0.15) is 0 Å². The predicted molar refractivity (Wildman–Crippen MR) is 105 cm³/mol. The molecule has 0 fully saturated rings. The summed E-state index contributed by atoms with van der Waals surface area (Å²) in [6.45, 7) is 13.3. The van der Waals surface area contributed by atoms with Crippen molar-refractivity contribution in [2.75, 3.05) is 19.6 Å². The number of thiophene rings is 1. The number of guanidine groups is 1. The van der Waals surface area contributed by atoms with Gasteiger partial charge in [-0.05, 0) is 46.1 Å².